The number of rotatable bonds is 7. The zero-order valence-electron chi connectivity index (χ0n) is 18.1. The van der Waals surface area contributed by atoms with Crippen LogP contribution in [0, 0.1) is 0 Å². The van der Waals surface area contributed by atoms with Crippen molar-refractivity contribution in [2.24, 2.45) is 0 Å². The molecule has 0 aliphatic carbocycles. The third kappa shape index (κ3) is 6.35. The lowest BCUT2D eigenvalue weighted by Gasteiger charge is -2.26. The van der Waals surface area contributed by atoms with Crippen LogP contribution >= 0.6 is 11.6 Å². The Kier molecular flexibility index (Phi) is 7.33. The number of amides is 1. The Morgan fingerprint density at radius 2 is 1.58 bits per heavy atom. The minimum Gasteiger partial charge on any atom is -0.322 e. The van der Waals surface area contributed by atoms with Gasteiger partial charge in [0.15, 0.2) is 0 Å². The first-order valence-electron chi connectivity index (χ1n) is 10.9. The van der Waals surface area contributed by atoms with Crippen molar-refractivity contribution in [3.05, 3.63) is 88.9 Å². The van der Waals surface area contributed by atoms with Crippen LogP contribution in [0.25, 0.3) is 0 Å². The highest BCUT2D eigenvalue weighted by Crippen LogP contribution is 2.21. The molecule has 0 unspecified atom stereocenters. The molecule has 3 aromatic carbocycles. The number of nitrogens with zero attached hydrogens (tertiary/aromatic N) is 1. The lowest BCUT2D eigenvalue weighted by molar-refractivity contribution is 0.102. The van der Waals surface area contributed by atoms with E-state index in [9.17, 15) is 13.2 Å². The van der Waals surface area contributed by atoms with Crippen LogP contribution < -0.4 is 10.0 Å². The van der Waals surface area contributed by atoms with Gasteiger partial charge in [-0.3, -0.25) is 14.4 Å². The standard InChI is InChI=1S/C25H26ClN3O3S/c26-21-5-4-6-23(17-21)28-33(31,32)24-13-11-22(12-14-24)27-25(30)20-9-7-19(8-10-20)18-29-15-2-1-3-16-29/h4-14,17,28H,1-3,15-16,18H2,(H,27,30). The Morgan fingerprint density at radius 3 is 2.24 bits per heavy atom. The molecule has 1 aliphatic rings. The zero-order valence-corrected chi connectivity index (χ0v) is 19.7. The molecule has 8 heteroatoms. The molecule has 2 N–H and O–H groups in total. The van der Waals surface area contributed by atoms with Crippen molar-refractivity contribution >= 4 is 38.9 Å². The number of nitrogens with one attached hydrogen (secondary N) is 2. The highest BCUT2D eigenvalue weighted by atomic mass is 35.5. The number of sulfonamides is 1. The first kappa shape index (κ1) is 23.3. The van der Waals surface area contributed by atoms with Gasteiger partial charge in [0.05, 0.1) is 10.6 Å². The maximum absolute atomic E-state index is 12.6. The highest BCUT2D eigenvalue weighted by Gasteiger charge is 2.15. The van der Waals surface area contributed by atoms with Crippen LogP contribution in [0.4, 0.5) is 11.4 Å². The average molecular weight is 484 g/mol. The Bertz CT molecular complexity index is 1210. The number of carbonyl (C=O) groups is 1. The van der Waals surface area contributed by atoms with E-state index in [-0.39, 0.29) is 10.8 Å². The number of piperidine rings is 1. The van der Waals surface area contributed by atoms with Crippen LogP contribution in [0.5, 0.6) is 0 Å². The quantitative estimate of drug-likeness (QED) is 0.473. The van der Waals surface area contributed by atoms with Gasteiger partial charge in [-0.05, 0) is 86.1 Å². The van der Waals surface area contributed by atoms with Crippen LogP contribution in [0.2, 0.25) is 5.02 Å². The number of halogens is 1. The minimum atomic E-state index is -3.77. The second-order valence-corrected chi connectivity index (χ2v) is 10.2. The lowest BCUT2D eigenvalue weighted by Crippen LogP contribution is -2.29. The molecule has 0 aromatic heterocycles. The number of hydrogen-bond donors (Lipinski definition) is 2. The van der Waals surface area contributed by atoms with Crippen molar-refractivity contribution in [1.82, 2.24) is 4.90 Å². The molecular formula is C25H26ClN3O3S. The zero-order chi connectivity index (χ0) is 23.3. The molecule has 1 aliphatic heterocycles. The van der Waals surface area contributed by atoms with Crippen LogP contribution in [0.1, 0.15) is 35.2 Å². The van der Waals surface area contributed by atoms with Gasteiger partial charge in [-0.25, -0.2) is 8.42 Å². The molecule has 0 radical (unpaired) electrons. The summed E-state index contributed by atoms with van der Waals surface area (Å²) in [5, 5.41) is 3.25. The van der Waals surface area contributed by atoms with E-state index in [4.69, 9.17) is 11.6 Å². The molecule has 0 atom stereocenters. The highest BCUT2D eigenvalue weighted by molar-refractivity contribution is 7.92. The summed E-state index contributed by atoms with van der Waals surface area (Å²) >= 11 is 5.91. The van der Waals surface area contributed by atoms with E-state index >= 15 is 0 Å². The predicted molar refractivity (Wildman–Crippen MR) is 132 cm³/mol. The summed E-state index contributed by atoms with van der Waals surface area (Å²) in [4.78, 5) is 15.1. The number of hydrogen-bond acceptors (Lipinski definition) is 4. The van der Waals surface area contributed by atoms with Gasteiger partial charge in [-0.15, -0.1) is 0 Å². The molecule has 1 heterocycles. The largest absolute Gasteiger partial charge is 0.322 e. The fraction of sp³-hybridized carbons (Fsp3) is 0.240. The van der Waals surface area contributed by atoms with Gasteiger partial charge < -0.3 is 5.32 Å². The van der Waals surface area contributed by atoms with Crippen LogP contribution in [-0.2, 0) is 16.6 Å². The van der Waals surface area contributed by atoms with Gasteiger partial charge in [0.25, 0.3) is 15.9 Å². The van der Waals surface area contributed by atoms with Gasteiger partial charge in [0.2, 0.25) is 0 Å². The monoisotopic (exact) mass is 483 g/mol. The first-order chi connectivity index (χ1) is 15.9. The second kappa shape index (κ2) is 10.4. The number of likely N-dealkylation sites (tertiary alicyclic amines) is 1. The van der Waals surface area contributed by atoms with Crippen LogP contribution in [0.15, 0.2) is 77.7 Å². The van der Waals surface area contributed by atoms with Crippen molar-refractivity contribution in [2.75, 3.05) is 23.1 Å². The average Bonchev–Trinajstić information content (AvgIpc) is 2.80. The summed E-state index contributed by atoms with van der Waals surface area (Å²) in [5.41, 5.74) is 2.63. The normalized spacial score (nSPS) is 14.6. The Balaban J connectivity index is 1.36. The van der Waals surface area contributed by atoms with Crippen molar-refractivity contribution in [2.45, 2.75) is 30.7 Å². The fourth-order valence-electron chi connectivity index (χ4n) is 3.82. The predicted octanol–water partition coefficient (Wildman–Crippen LogP) is 5.38. The molecule has 0 bridgehead atoms. The SMILES string of the molecule is O=C(Nc1ccc(S(=O)(=O)Nc2cccc(Cl)c2)cc1)c1ccc(CN2CCCCC2)cc1. The summed E-state index contributed by atoms with van der Waals surface area (Å²) in [5.74, 6) is -0.243. The lowest BCUT2D eigenvalue weighted by atomic mass is 10.1. The summed E-state index contributed by atoms with van der Waals surface area (Å²) in [7, 11) is -3.77. The maximum atomic E-state index is 12.6. The smallest absolute Gasteiger partial charge is 0.261 e. The van der Waals surface area contributed by atoms with Gasteiger partial charge in [-0.1, -0.05) is 36.2 Å². The Morgan fingerprint density at radius 1 is 0.879 bits per heavy atom. The molecule has 3 aromatic rings. The summed E-state index contributed by atoms with van der Waals surface area (Å²) in [6, 6.07) is 20.1. The van der Waals surface area contributed by atoms with E-state index in [1.165, 1.54) is 43.0 Å². The summed E-state index contributed by atoms with van der Waals surface area (Å²) < 4.78 is 27.7. The van der Waals surface area contributed by atoms with Crippen molar-refractivity contribution < 1.29 is 13.2 Å². The molecule has 172 valence electrons. The first-order valence-corrected chi connectivity index (χ1v) is 12.8. The molecular weight excluding hydrogens is 458 g/mol. The molecule has 1 amide bonds. The number of anilines is 2. The van der Waals surface area contributed by atoms with Gasteiger partial charge >= 0.3 is 0 Å². The Hall–Kier alpha value is -2.87. The maximum Gasteiger partial charge on any atom is 0.261 e. The van der Waals surface area contributed by atoms with E-state index in [0.29, 0.717) is 22.0 Å². The molecule has 1 fully saturated rings. The van der Waals surface area contributed by atoms with Crippen molar-refractivity contribution in [1.29, 1.82) is 0 Å². The molecule has 33 heavy (non-hydrogen) atoms. The molecule has 1 saturated heterocycles. The van der Waals surface area contributed by atoms with E-state index in [1.54, 1.807) is 30.3 Å². The molecule has 0 spiro atoms. The van der Waals surface area contributed by atoms with Crippen molar-refractivity contribution in [3.8, 4) is 0 Å². The van der Waals surface area contributed by atoms with E-state index in [1.807, 2.05) is 24.3 Å². The van der Waals surface area contributed by atoms with E-state index in [2.05, 4.69) is 14.9 Å². The second-order valence-electron chi connectivity index (χ2n) is 8.13. The summed E-state index contributed by atoms with van der Waals surface area (Å²) in [6.45, 7) is 3.16. The third-order valence-electron chi connectivity index (χ3n) is 5.57. The van der Waals surface area contributed by atoms with Gasteiger partial charge in [0.1, 0.15) is 0 Å². The van der Waals surface area contributed by atoms with Gasteiger partial charge in [-0.2, -0.15) is 0 Å². The van der Waals surface area contributed by atoms with Crippen LogP contribution in [-0.4, -0.2) is 32.3 Å². The fourth-order valence-corrected chi connectivity index (χ4v) is 5.06. The topological polar surface area (TPSA) is 78.5 Å². The van der Waals surface area contributed by atoms with Crippen LogP contribution in [0.3, 0.4) is 0 Å². The minimum absolute atomic E-state index is 0.0857. The molecule has 4 rings (SSSR count). The molecule has 6 nitrogen and oxygen atoms in total. The van der Waals surface area contributed by atoms with Crippen molar-refractivity contribution in [3.63, 3.8) is 0 Å². The number of benzene rings is 3. The van der Waals surface area contributed by atoms with E-state index in [0.717, 1.165) is 19.6 Å². The number of carbonyl (C=O) groups excluding carboxylic acids is 1. The third-order valence-corrected chi connectivity index (χ3v) is 7.20. The Labute approximate surface area is 199 Å². The van der Waals surface area contributed by atoms with E-state index < -0.39 is 10.0 Å². The summed E-state index contributed by atoms with van der Waals surface area (Å²) in [6.07, 6.45) is 3.80. The van der Waals surface area contributed by atoms with Gasteiger partial charge in [0, 0.05) is 22.8 Å². The molecule has 0 saturated carbocycles.